The maximum atomic E-state index is 11.4. The normalized spacial score (nSPS) is 10.3. The number of methoxy groups -OCH3 is 1. The number of rotatable bonds is 7. The smallest absolute Gasteiger partial charge is 0.333 e. The Hall–Kier alpha value is -2.31. The molecular formula is C14H20N2O5. The monoisotopic (exact) mass is 296 g/mol. The number of hydrogen-bond donors (Lipinski definition) is 0. The highest BCUT2D eigenvalue weighted by molar-refractivity contribution is 5.79. The van der Waals surface area contributed by atoms with E-state index in [0.29, 0.717) is 12.2 Å². The number of benzene rings is 1. The molecule has 0 N–H and O–H groups in total. The molecule has 7 nitrogen and oxygen atoms in total. The Morgan fingerprint density at radius 2 is 2.10 bits per heavy atom. The van der Waals surface area contributed by atoms with Gasteiger partial charge in [0.05, 0.1) is 18.1 Å². The molecule has 0 amide bonds. The van der Waals surface area contributed by atoms with E-state index in [2.05, 4.69) is 4.74 Å². The van der Waals surface area contributed by atoms with Crippen LogP contribution in [0.25, 0.3) is 0 Å². The van der Waals surface area contributed by atoms with Gasteiger partial charge in [-0.25, -0.2) is 0 Å². The fraction of sp³-hybridized carbons (Fsp3) is 0.500. The van der Waals surface area contributed by atoms with Gasteiger partial charge < -0.3 is 14.4 Å². The average molecular weight is 296 g/mol. The summed E-state index contributed by atoms with van der Waals surface area (Å²) in [6, 6.07) is 4.81. The maximum Gasteiger partial charge on any atom is 0.333 e. The zero-order valence-electron chi connectivity index (χ0n) is 12.7. The van der Waals surface area contributed by atoms with Gasteiger partial charge in [0.1, 0.15) is 12.2 Å². The molecule has 0 fully saturated rings. The van der Waals surface area contributed by atoms with Crippen molar-refractivity contribution in [1.82, 2.24) is 0 Å². The number of likely N-dealkylation sites (N-methyl/N-ethyl adjacent to an activating group) is 1. The summed E-state index contributed by atoms with van der Waals surface area (Å²) >= 11 is 0. The van der Waals surface area contributed by atoms with Crippen LogP contribution in [0.2, 0.25) is 0 Å². The molecule has 0 radical (unpaired) electrons. The number of nitrogens with zero attached hydrogens (tertiary/aromatic N) is 2. The van der Waals surface area contributed by atoms with Crippen LogP contribution in [0, 0.1) is 10.1 Å². The van der Waals surface area contributed by atoms with Gasteiger partial charge in [-0.1, -0.05) is 6.07 Å². The number of para-hydroxylation sites is 1. The SMILES string of the molecule is CCN(CC(=O)OC)c1cccc(OC(C)C)c1[N+](=O)[O-]. The Morgan fingerprint density at radius 3 is 2.57 bits per heavy atom. The Morgan fingerprint density at radius 1 is 1.43 bits per heavy atom. The summed E-state index contributed by atoms with van der Waals surface area (Å²) in [7, 11) is 1.28. The van der Waals surface area contributed by atoms with E-state index in [1.165, 1.54) is 7.11 Å². The van der Waals surface area contributed by atoms with Gasteiger partial charge in [-0.3, -0.25) is 14.9 Å². The predicted molar refractivity (Wildman–Crippen MR) is 78.8 cm³/mol. The lowest BCUT2D eigenvalue weighted by atomic mass is 10.2. The highest BCUT2D eigenvalue weighted by atomic mass is 16.6. The van der Waals surface area contributed by atoms with Gasteiger partial charge in [0.15, 0.2) is 5.75 Å². The van der Waals surface area contributed by atoms with Crippen molar-refractivity contribution in [2.24, 2.45) is 0 Å². The van der Waals surface area contributed by atoms with Crippen molar-refractivity contribution in [3.8, 4) is 5.75 Å². The third kappa shape index (κ3) is 4.34. The van der Waals surface area contributed by atoms with Crippen LogP contribution in [0.5, 0.6) is 5.75 Å². The van der Waals surface area contributed by atoms with Crippen LogP contribution in [0.4, 0.5) is 11.4 Å². The molecule has 1 aromatic rings. The molecule has 0 aliphatic carbocycles. The number of esters is 1. The summed E-state index contributed by atoms with van der Waals surface area (Å²) in [5.74, 6) is -0.267. The molecule has 7 heteroatoms. The van der Waals surface area contributed by atoms with Crippen LogP contribution in [0.3, 0.4) is 0 Å². The van der Waals surface area contributed by atoms with E-state index in [-0.39, 0.29) is 24.1 Å². The summed E-state index contributed by atoms with van der Waals surface area (Å²) in [4.78, 5) is 23.9. The van der Waals surface area contributed by atoms with E-state index in [1.54, 1.807) is 36.9 Å². The number of carbonyl (C=O) groups excluding carboxylic acids is 1. The summed E-state index contributed by atoms with van der Waals surface area (Å²) in [6.45, 7) is 5.77. The van der Waals surface area contributed by atoms with Gasteiger partial charge in [-0.05, 0) is 32.9 Å². The molecule has 1 rings (SSSR count). The third-order valence-electron chi connectivity index (χ3n) is 2.79. The Bertz CT molecular complexity index is 516. The molecular weight excluding hydrogens is 276 g/mol. The minimum Gasteiger partial charge on any atom is -0.484 e. The Labute approximate surface area is 123 Å². The lowest BCUT2D eigenvalue weighted by Crippen LogP contribution is -2.30. The van der Waals surface area contributed by atoms with Gasteiger partial charge in [-0.2, -0.15) is 0 Å². The number of carbonyl (C=O) groups is 1. The minimum atomic E-state index is -0.493. The van der Waals surface area contributed by atoms with Crippen LogP contribution in [-0.2, 0) is 9.53 Å². The van der Waals surface area contributed by atoms with Crippen molar-refractivity contribution in [3.63, 3.8) is 0 Å². The highest BCUT2D eigenvalue weighted by Gasteiger charge is 2.26. The van der Waals surface area contributed by atoms with Crippen molar-refractivity contribution in [1.29, 1.82) is 0 Å². The lowest BCUT2D eigenvalue weighted by molar-refractivity contribution is -0.385. The van der Waals surface area contributed by atoms with Crippen LogP contribution in [0.1, 0.15) is 20.8 Å². The van der Waals surface area contributed by atoms with E-state index < -0.39 is 10.9 Å². The second kappa shape index (κ2) is 7.47. The molecule has 0 unspecified atom stereocenters. The summed E-state index contributed by atoms with van der Waals surface area (Å²) in [5, 5.41) is 11.4. The fourth-order valence-electron chi connectivity index (χ4n) is 1.89. The first kappa shape index (κ1) is 16.7. The maximum absolute atomic E-state index is 11.4. The van der Waals surface area contributed by atoms with E-state index in [0.717, 1.165) is 0 Å². The number of ether oxygens (including phenoxy) is 2. The molecule has 21 heavy (non-hydrogen) atoms. The summed E-state index contributed by atoms with van der Waals surface area (Å²) < 4.78 is 10.1. The van der Waals surface area contributed by atoms with Crippen LogP contribution >= 0.6 is 0 Å². The quantitative estimate of drug-likeness (QED) is 0.436. The Kier molecular flexibility index (Phi) is 5.95. The van der Waals surface area contributed by atoms with Crippen LogP contribution < -0.4 is 9.64 Å². The lowest BCUT2D eigenvalue weighted by Gasteiger charge is -2.22. The molecule has 0 bridgehead atoms. The first-order valence-corrected chi connectivity index (χ1v) is 6.66. The molecule has 0 saturated heterocycles. The molecule has 0 aromatic heterocycles. The van der Waals surface area contributed by atoms with E-state index >= 15 is 0 Å². The average Bonchev–Trinajstić information content (AvgIpc) is 2.43. The van der Waals surface area contributed by atoms with Crippen LogP contribution in [0.15, 0.2) is 18.2 Å². The molecule has 116 valence electrons. The second-order valence-corrected chi connectivity index (χ2v) is 4.64. The van der Waals surface area contributed by atoms with Gasteiger partial charge in [0.2, 0.25) is 0 Å². The molecule has 0 heterocycles. The fourth-order valence-corrected chi connectivity index (χ4v) is 1.89. The molecule has 0 atom stereocenters. The summed E-state index contributed by atoms with van der Waals surface area (Å²) in [6.07, 6.45) is -0.186. The molecule has 1 aromatic carbocycles. The minimum absolute atomic E-state index is 0.0566. The first-order chi connectivity index (χ1) is 9.90. The number of anilines is 1. The van der Waals surface area contributed by atoms with Crippen molar-refractivity contribution in [2.75, 3.05) is 25.1 Å². The number of nitro benzene ring substituents is 1. The van der Waals surface area contributed by atoms with Gasteiger partial charge in [0, 0.05) is 6.54 Å². The summed E-state index contributed by atoms with van der Waals surface area (Å²) in [5.41, 5.74) is 0.197. The molecule has 0 spiro atoms. The zero-order chi connectivity index (χ0) is 16.0. The van der Waals surface area contributed by atoms with E-state index in [9.17, 15) is 14.9 Å². The standard InChI is InChI=1S/C14H20N2O5/c1-5-15(9-13(17)20-4)11-7-6-8-12(21-10(2)3)14(11)16(18)19/h6-8,10H,5,9H2,1-4H3. The van der Waals surface area contributed by atoms with Gasteiger partial charge >= 0.3 is 11.7 Å². The van der Waals surface area contributed by atoms with E-state index in [4.69, 9.17) is 4.74 Å². The highest BCUT2D eigenvalue weighted by Crippen LogP contribution is 2.37. The van der Waals surface area contributed by atoms with Crippen molar-refractivity contribution >= 4 is 17.3 Å². The molecule has 0 aliphatic rings. The molecule has 0 saturated carbocycles. The zero-order valence-corrected chi connectivity index (χ0v) is 12.7. The number of hydrogen-bond acceptors (Lipinski definition) is 6. The van der Waals surface area contributed by atoms with Gasteiger partial charge in [0.25, 0.3) is 0 Å². The second-order valence-electron chi connectivity index (χ2n) is 4.64. The Balaban J connectivity index is 3.26. The van der Waals surface area contributed by atoms with Gasteiger partial charge in [-0.15, -0.1) is 0 Å². The van der Waals surface area contributed by atoms with E-state index in [1.807, 2.05) is 6.92 Å². The number of nitro groups is 1. The molecule has 0 aliphatic heterocycles. The van der Waals surface area contributed by atoms with Crippen molar-refractivity contribution in [3.05, 3.63) is 28.3 Å². The first-order valence-electron chi connectivity index (χ1n) is 6.66. The van der Waals surface area contributed by atoms with Crippen molar-refractivity contribution in [2.45, 2.75) is 26.9 Å². The largest absolute Gasteiger partial charge is 0.484 e. The predicted octanol–water partition coefficient (Wildman–Crippen LogP) is 2.38. The van der Waals surface area contributed by atoms with Crippen LogP contribution in [-0.4, -0.2) is 37.2 Å². The topological polar surface area (TPSA) is 81.9 Å². The van der Waals surface area contributed by atoms with Crippen molar-refractivity contribution < 1.29 is 19.2 Å². The third-order valence-corrected chi connectivity index (χ3v) is 2.79.